The summed E-state index contributed by atoms with van der Waals surface area (Å²) in [6.07, 6.45) is 3.53. The molecule has 0 aliphatic carbocycles. The Bertz CT molecular complexity index is 2390. The van der Waals surface area contributed by atoms with Crippen molar-refractivity contribution in [2.45, 2.75) is 20.7 Å². The van der Waals surface area contributed by atoms with Crippen molar-refractivity contribution in [2.24, 2.45) is 0 Å². The van der Waals surface area contributed by atoms with Gasteiger partial charge in [0, 0.05) is 61.9 Å². The molecule has 0 spiro atoms. The number of fused-ring (bicyclic) bond motifs is 3. The lowest BCUT2D eigenvalue weighted by Gasteiger charge is -2.12. The van der Waals surface area contributed by atoms with Crippen molar-refractivity contribution >= 4 is 21.8 Å². The summed E-state index contributed by atoms with van der Waals surface area (Å²) in [5, 5.41) is 1.89. The van der Waals surface area contributed by atoms with E-state index in [1.165, 1.54) is 0 Å². The third-order valence-corrected chi connectivity index (χ3v) is 8.23. The van der Waals surface area contributed by atoms with E-state index in [1.807, 2.05) is 126 Å². The van der Waals surface area contributed by atoms with Crippen LogP contribution in [0.2, 0.25) is 0 Å². The van der Waals surface area contributed by atoms with Crippen molar-refractivity contribution in [3.8, 4) is 51.5 Å². The molecule has 0 bridgehead atoms. The monoisotopic (exact) mass is 628 g/mol. The van der Waals surface area contributed by atoms with Crippen LogP contribution in [-0.2, 0) is 0 Å². The molecule has 48 heavy (non-hydrogen) atoms. The van der Waals surface area contributed by atoms with E-state index >= 15 is 0 Å². The molecule has 0 aliphatic heterocycles. The molecule has 0 saturated heterocycles. The molecule has 232 valence electrons. The first-order valence-corrected chi connectivity index (χ1v) is 15.5. The van der Waals surface area contributed by atoms with Gasteiger partial charge in [-0.3, -0.25) is 14.5 Å². The fourth-order valence-electron chi connectivity index (χ4n) is 5.90. The number of hydrogen-bond acceptors (Lipinski definition) is 6. The van der Waals surface area contributed by atoms with Crippen molar-refractivity contribution in [3.05, 3.63) is 151 Å². The Labute approximate surface area is 282 Å². The molecule has 4 aromatic carbocycles. The normalized spacial score (nSPS) is 12.4. The lowest BCUT2D eigenvalue weighted by Crippen LogP contribution is -2.06. The van der Waals surface area contributed by atoms with E-state index in [0.717, 1.165) is 44.3 Å². The quantitative estimate of drug-likeness (QED) is 0.175. The van der Waals surface area contributed by atoms with Gasteiger partial charge in [0.05, 0.1) is 22.4 Å². The third-order valence-electron chi connectivity index (χ3n) is 8.23. The zero-order valence-electron chi connectivity index (χ0n) is 29.3. The first-order chi connectivity index (χ1) is 24.7. The molecule has 0 unspecified atom stereocenters. The van der Waals surface area contributed by atoms with Crippen molar-refractivity contribution in [1.82, 2.24) is 24.5 Å². The summed E-state index contributed by atoms with van der Waals surface area (Å²) >= 11 is 0. The van der Waals surface area contributed by atoms with Gasteiger partial charge in [-0.15, -0.1) is 0 Å². The highest BCUT2D eigenvalue weighted by molar-refractivity contribution is 6.09. The minimum atomic E-state index is -2.34. The second-order valence-corrected chi connectivity index (χ2v) is 11.5. The maximum absolute atomic E-state index is 8.08. The molecular formula is C41H31N5O2. The van der Waals surface area contributed by atoms with E-state index < -0.39 is 6.85 Å². The fraction of sp³-hybridized carbons (Fsp3) is 0.0732. The molecule has 0 saturated carbocycles. The Hall–Kier alpha value is -6.34. The molecule has 0 atom stereocenters. The lowest BCUT2D eigenvalue weighted by atomic mass is 10.1. The van der Waals surface area contributed by atoms with Gasteiger partial charge >= 0.3 is 0 Å². The van der Waals surface area contributed by atoms with Gasteiger partial charge in [-0.25, -0.2) is 9.97 Å². The molecule has 4 aromatic heterocycles. The summed E-state index contributed by atoms with van der Waals surface area (Å²) < 4.78 is 39.0. The van der Waals surface area contributed by atoms with Crippen LogP contribution < -0.4 is 9.47 Å². The number of rotatable bonds is 7. The van der Waals surface area contributed by atoms with Crippen LogP contribution in [0.3, 0.4) is 0 Å². The Morgan fingerprint density at radius 3 is 1.50 bits per heavy atom. The average molecular weight is 629 g/mol. The molecule has 0 radical (unpaired) electrons. The molecule has 0 aliphatic rings. The summed E-state index contributed by atoms with van der Waals surface area (Å²) in [6.45, 7) is 1.07. The highest BCUT2D eigenvalue weighted by Crippen LogP contribution is 2.38. The zero-order valence-corrected chi connectivity index (χ0v) is 26.3. The number of nitrogens with zero attached hydrogens (tertiary/aromatic N) is 5. The lowest BCUT2D eigenvalue weighted by molar-refractivity contribution is 0.483. The fourth-order valence-corrected chi connectivity index (χ4v) is 5.90. The Kier molecular flexibility index (Phi) is 6.51. The van der Waals surface area contributed by atoms with Gasteiger partial charge in [0.15, 0.2) is 0 Å². The van der Waals surface area contributed by atoms with Crippen LogP contribution in [-0.4, -0.2) is 24.5 Å². The highest BCUT2D eigenvalue weighted by atomic mass is 16.5. The maximum atomic E-state index is 8.08. The van der Waals surface area contributed by atoms with Gasteiger partial charge in [-0.1, -0.05) is 36.4 Å². The number of aryl methyl sites for hydroxylation is 2. The molecule has 8 rings (SSSR count). The minimum Gasteiger partial charge on any atom is -0.457 e. The van der Waals surface area contributed by atoms with E-state index in [4.69, 9.17) is 23.6 Å². The number of ether oxygens (including phenoxy) is 2. The summed E-state index contributed by atoms with van der Waals surface area (Å²) in [7, 11) is 0. The Morgan fingerprint density at radius 1 is 0.542 bits per heavy atom. The van der Waals surface area contributed by atoms with Crippen molar-refractivity contribution in [2.75, 3.05) is 0 Å². The van der Waals surface area contributed by atoms with E-state index in [9.17, 15) is 0 Å². The maximum Gasteiger partial charge on any atom is 0.235 e. The van der Waals surface area contributed by atoms with E-state index in [2.05, 4.69) is 9.97 Å². The average Bonchev–Trinajstić information content (AvgIpc) is 3.44. The van der Waals surface area contributed by atoms with E-state index in [-0.39, 0.29) is 5.56 Å². The van der Waals surface area contributed by atoms with Crippen LogP contribution in [0, 0.1) is 20.7 Å². The van der Waals surface area contributed by atoms with Crippen LogP contribution >= 0.6 is 0 Å². The van der Waals surface area contributed by atoms with Crippen molar-refractivity contribution in [3.63, 3.8) is 0 Å². The first kappa shape index (κ1) is 25.8. The summed E-state index contributed by atoms with van der Waals surface area (Å²) in [5.74, 6) is 2.89. The molecule has 7 heteroatoms. The molecule has 0 fully saturated rings. The van der Waals surface area contributed by atoms with Crippen LogP contribution in [0.5, 0.6) is 23.0 Å². The second kappa shape index (κ2) is 12.1. The van der Waals surface area contributed by atoms with Gasteiger partial charge < -0.3 is 9.47 Å². The largest absolute Gasteiger partial charge is 0.457 e. The molecular weight excluding hydrogens is 594 g/mol. The molecule has 4 heterocycles. The standard InChI is InChI=1S/C41H31N5O2/c1-26-27(2)44-41(45-28(26)3)46-39-24-33(47-31-12-8-10-29(22-31)37-14-4-6-20-42-37)16-18-35(39)36-19-17-34(25-40(36)46)48-32-13-9-11-30(23-32)38-15-5-7-21-43-38/h4-25H,1-3H3/i1D3. The topological polar surface area (TPSA) is 75.0 Å². The van der Waals surface area contributed by atoms with Crippen LogP contribution in [0.4, 0.5) is 0 Å². The second-order valence-electron chi connectivity index (χ2n) is 11.5. The minimum absolute atomic E-state index is 0.153. The van der Waals surface area contributed by atoms with E-state index in [1.54, 1.807) is 26.2 Å². The number of pyridine rings is 2. The molecule has 7 nitrogen and oxygen atoms in total. The predicted molar refractivity (Wildman–Crippen MR) is 190 cm³/mol. The number of benzene rings is 4. The van der Waals surface area contributed by atoms with Crippen LogP contribution in [0.15, 0.2) is 134 Å². The predicted octanol–water partition coefficient (Wildman–Crippen LogP) is 10.2. The van der Waals surface area contributed by atoms with Gasteiger partial charge in [0.1, 0.15) is 23.0 Å². The van der Waals surface area contributed by atoms with Gasteiger partial charge in [0.2, 0.25) is 5.95 Å². The number of aromatic nitrogens is 5. The summed E-state index contributed by atoms with van der Waals surface area (Å²) in [4.78, 5) is 18.5. The highest BCUT2D eigenvalue weighted by Gasteiger charge is 2.18. The zero-order chi connectivity index (χ0) is 35.1. The van der Waals surface area contributed by atoms with E-state index in [0.29, 0.717) is 40.3 Å². The van der Waals surface area contributed by atoms with Crippen molar-refractivity contribution < 1.29 is 13.6 Å². The number of hydrogen-bond donors (Lipinski definition) is 0. The molecule has 0 amide bonds. The van der Waals surface area contributed by atoms with Gasteiger partial charge in [0.25, 0.3) is 0 Å². The molecule has 8 aromatic rings. The Morgan fingerprint density at radius 2 is 1.04 bits per heavy atom. The molecule has 0 N–H and O–H groups in total. The summed E-state index contributed by atoms with van der Waals surface area (Å²) in [5.41, 5.74) is 6.10. The smallest absolute Gasteiger partial charge is 0.235 e. The van der Waals surface area contributed by atoms with Gasteiger partial charge in [-0.05, 0) is 99.1 Å². The van der Waals surface area contributed by atoms with Crippen LogP contribution in [0.25, 0.3) is 50.3 Å². The summed E-state index contributed by atoms with van der Waals surface area (Å²) in [6, 6.07) is 39.0. The van der Waals surface area contributed by atoms with Gasteiger partial charge in [-0.2, -0.15) is 0 Å². The first-order valence-electron chi connectivity index (χ1n) is 17.0. The SMILES string of the molecule is [2H]C([2H])([2H])c1c(C)nc(-n2c3cc(Oc4cccc(-c5ccccn5)c4)ccc3c3ccc(Oc4cccc(-c5ccccn5)c4)cc32)nc1C. The van der Waals surface area contributed by atoms with Crippen LogP contribution in [0.1, 0.15) is 21.1 Å². The Balaban J connectivity index is 1.25. The van der Waals surface area contributed by atoms with Crippen molar-refractivity contribution in [1.29, 1.82) is 0 Å². The third kappa shape index (κ3) is 5.52.